The van der Waals surface area contributed by atoms with E-state index >= 15 is 0 Å². The van der Waals surface area contributed by atoms with Gasteiger partial charge in [-0.25, -0.2) is 0 Å². The van der Waals surface area contributed by atoms with E-state index in [9.17, 15) is 0 Å². The fourth-order valence-electron chi connectivity index (χ4n) is 8.59. The highest BCUT2D eigenvalue weighted by Gasteiger charge is 2.19. The Bertz CT molecular complexity index is 3310. The van der Waals surface area contributed by atoms with Crippen LogP contribution in [-0.2, 0) is 6.42 Å². The van der Waals surface area contributed by atoms with E-state index in [1.807, 2.05) is 23.5 Å². The molecule has 60 heavy (non-hydrogen) atoms. The lowest BCUT2D eigenvalue weighted by atomic mass is 9.93. The SMILES string of the molecule is C(=C(\Cc1ccc2sc3cccc(N(c4ccccc4)c4ccc(-c5ccccc5)cc4)c3c2c1)c1ccc(-c2ccccc2)cc1)/c1ccc2c(c1)oc1ccccc12. The van der Waals surface area contributed by atoms with E-state index in [0.717, 1.165) is 45.3 Å². The number of rotatable bonds is 9. The molecule has 2 nitrogen and oxygen atoms in total. The molecule has 284 valence electrons. The minimum Gasteiger partial charge on any atom is -0.456 e. The summed E-state index contributed by atoms with van der Waals surface area (Å²) in [4.78, 5) is 2.41. The minimum atomic E-state index is 0.766. The minimum absolute atomic E-state index is 0.766. The molecule has 0 spiro atoms. The average Bonchev–Trinajstić information content (AvgIpc) is 3.88. The van der Waals surface area contributed by atoms with Crippen molar-refractivity contribution in [2.24, 2.45) is 0 Å². The molecule has 0 aliphatic carbocycles. The van der Waals surface area contributed by atoms with Crippen LogP contribution in [0.3, 0.4) is 0 Å². The number of para-hydroxylation sites is 2. The van der Waals surface area contributed by atoms with Crippen molar-refractivity contribution in [1.82, 2.24) is 0 Å². The lowest BCUT2D eigenvalue weighted by Crippen LogP contribution is -2.10. The number of thiophene rings is 1. The first-order valence-electron chi connectivity index (χ1n) is 20.4. The molecule has 0 saturated carbocycles. The highest BCUT2D eigenvalue weighted by Crippen LogP contribution is 2.45. The Morgan fingerprint density at radius 3 is 1.80 bits per heavy atom. The average molecular weight is 786 g/mol. The van der Waals surface area contributed by atoms with Crippen LogP contribution in [0.1, 0.15) is 16.7 Å². The molecule has 3 heteroatoms. The summed E-state index contributed by atoms with van der Waals surface area (Å²) in [5, 5.41) is 4.82. The van der Waals surface area contributed by atoms with Gasteiger partial charge < -0.3 is 9.32 Å². The van der Waals surface area contributed by atoms with Crippen molar-refractivity contribution in [3.63, 3.8) is 0 Å². The zero-order chi connectivity index (χ0) is 39.8. The molecule has 2 aromatic heterocycles. The van der Waals surface area contributed by atoms with E-state index < -0.39 is 0 Å². The van der Waals surface area contributed by atoms with Gasteiger partial charge in [-0.3, -0.25) is 0 Å². The van der Waals surface area contributed by atoms with Crippen LogP contribution in [0, 0.1) is 0 Å². The summed E-state index contributed by atoms with van der Waals surface area (Å²) in [6.45, 7) is 0. The van der Waals surface area contributed by atoms with Crippen molar-refractivity contribution >= 4 is 82.2 Å². The van der Waals surface area contributed by atoms with Crippen LogP contribution in [0.25, 0.3) is 76.0 Å². The van der Waals surface area contributed by atoms with Crippen LogP contribution in [0.5, 0.6) is 0 Å². The smallest absolute Gasteiger partial charge is 0.136 e. The summed E-state index contributed by atoms with van der Waals surface area (Å²) in [6, 6.07) is 78.5. The first-order valence-corrected chi connectivity index (χ1v) is 21.3. The molecule has 0 atom stereocenters. The second kappa shape index (κ2) is 15.4. The monoisotopic (exact) mass is 785 g/mol. The Kier molecular flexibility index (Phi) is 9.14. The Hall–Kier alpha value is -7.46. The number of furan rings is 1. The normalized spacial score (nSPS) is 11.8. The lowest BCUT2D eigenvalue weighted by Gasteiger charge is -2.26. The summed E-state index contributed by atoms with van der Waals surface area (Å²) in [6.07, 6.45) is 3.10. The quantitative estimate of drug-likeness (QED) is 0.136. The Balaban J connectivity index is 1.02. The van der Waals surface area contributed by atoms with Crippen LogP contribution in [-0.4, -0.2) is 0 Å². The van der Waals surface area contributed by atoms with Gasteiger partial charge in [-0.2, -0.15) is 0 Å². The molecular formula is C57H39NOS. The van der Waals surface area contributed by atoms with Crippen LogP contribution in [0.4, 0.5) is 17.1 Å². The summed E-state index contributed by atoms with van der Waals surface area (Å²) in [5.74, 6) is 0. The largest absolute Gasteiger partial charge is 0.456 e. The van der Waals surface area contributed by atoms with Gasteiger partial charge in [0.05, 0.1) is 5.69 Å². The van der Waals surface area contributed by atoms with Gasteiger partial charge in [0, 0.05) is 42.3 Å². The molecule has 11 rings (SSSR count). The summed E-state index contributed by atoms with van der Waals surface area (Å²) in [7, 11) is 0. The third-order valence-electron chi connectivity index (χ3n) is 11.5. The number of hydrogen-bond donors (Lipinski definition) is 0. The lowest BCUT2D eigenvalue weighted by molar-refractivity contribution is 0.669. The van der Waals surface area contributed by atoms with Gasteiger partial charge in [-0.15, -0.1) is 11.3 Å². The Labute approximate surface area is 353 Å². The van der Waals surface area contributed by atoms with E-state index in [1.54, 1.807) is 0 Å². The Morgan fingerprint density at radius 2 is 1.07 bits per heavy atom. The standard InChI is InChI=1S/C57H39NOS/c1-4-13-41(14-5-1)43-25-27-45(28-26-43)46(36-40-23-33-50-49-19-10-11-21-53(49)59-54(50)38-40)35-39-24-34-55-51(37-39)57-52(20-12-22-56(57)60-55)58(47-17-8-3-9-18-47)48-31-29-44(30-32-48)42-15-6-2-7-16-42/h1-34,36-38H,35H2/b46-36-. The zero-order valence-corrected chi connectivity index (χ0v) is 33.6. The fourth-order valence-corrected chi connectivity index (χ4v) is 9.69. The maximum Gasteiger partial charge on any atom is 0.136 e. The summed E-state index contributed by atoms with van der Waals surface area (Å²) < 4.78 is 8.88. The molecule has 0 radical (unpaired) electrons. The van der Waals surface area contributed by atoms with Gasteiger partial charge in [0.1, 0.15) is 11.2 Å². The van der Waals surface area contributed by atoms with Crippen LogP contribution in [0.15, 0.2) is 223 Å². The van der Waals surface area contributed by atoms with Crippen molar-refractivity contribution in [1.29, 1.82) is 0 Å². The fraction of sp³-hybridized carbons (Fsp3) is 0.0175. The van der Waals surface area contributed by atoms with Gasteiger partial charge in [0.2, 0.25) is 0 Å². The van der Waals surface area contributed by atoms with E-state index in [-0.39, 0.29) is 0 Å². The highest BCUT2D eigenvalue weighted by molar-refractivity contribution is 7.26. The van der Waals surface area contributed by atoms with Gasteiger partial charge >= 0.3 is 0 Å². The van der Waals surface area contributed by atoms with Crippen molar-refractivity contribution < 1.29 is 4.42 Å². The third kappa shape index (κ3) is 6.75. The first kappa shape index (κ1) is 35.7. The van der Waals surface area contributed by atoms with Crippen molar-refractivity contribution in [2.45, 2.75) is 6.42 Å². The molecule has 0 bridgehead atoms. The molecule has 0 N–H and O–H groups in total. The summed E-state index contributed by atoms with van der Waals surface area (Å²) in [5.41, 5.74) is 14.9. The number of fused-ring (bicyclic) bond motifs is 6. The van der Waals surface area contributed by atoms with Crippen molar-refractivity contribution in [3.05, 3.63) is 235 Å². The molecule has 0 fully saturated rings. The van der Waals surface area contributed by atoms with Gasteiger partial charge in [0.25, 0.3) is 0 Å². The summed E-state index contributed by atoms with van der Waals surface area (Å²) >= 11 is 1.86. The van der Waals surface area contributed by atoms with E-state index in [2.05, 4.69) is 217 Å². The van der Waals surface area contributed by atoms with E-state index in [4.69, 9.17) is 4.42 Å². The molecule has 11 aromatic rings. The molecule has 0 amide bonds. The predicted octanol–water partition coefficient (Wildman–Crippen LogP) is 16.5. The number of hydrogen-bond acceptors (Lipinski definition) is 3. The molecule has 0 unspecified atom stereocenters. The van der Waals surface area contributed by atoms with Crippen molar-refractivity contribution in [2.75, 3.05) is 4.90 Å². The van der Waals surface area contributed by atoms with E-state index in [1.165, 1.54) is 64.8 Å². The van der Waals surface area contributed by atoms with Crippen LogP contribution < -0.4 is 4.90 Å². The van der Waals surface area contributed by atoms with Crippen LogP contribution >= 0.6 is 11.3 Å². The van der Waals surface area contributed by atoms with Crippen molar-refractivity contribution in [3.8, 4) is 22.3 Å². The molecule has 0 aliphatic heterocycles. The molecule has 2 heterocycles. The molecular weight excluding hydrogens is 747 g/mol. The maximum absolute atomic E-state index is 6.33. The molecule has 0 aliphatic rings. The predicted molar refractivity (Wildman–Crippen MR) is 257 cm³/mol. The highest BCUT2D eigenvalue weighted by atomic mass is 32.1. The number of nitrogens with zero attached hydrogens (tertiary/aromatic N) is 1. The second-order valence-corrected chi connectivity index (χ2v) is 16.4. The molecule has 9 aromatic carbocycles. The number of allylic oxidation sites excluding steroid dienone is 1. The van der Waals surface area contributed by atoms with Crippen LogP contribution in [0.2, 0.25) is 0 Å². The third-order valence-corrected chi connectivity index (χ3v) is 12.7. The van der Waals surface area contributed by atoms with Gasteiger partial charge in [0.15, 0.2) is 0 Å². The number of anilines is 3. The first-order chi connectivity index (χ1) is 29.7. The molecule has 0 saturated heterocycles. The van der Waals surface area contributed by atoms with Gasteiger partial charge in [-0.1, -0.05) is 158 Å². The van der Waals surface area contributed by atoms with E-state index in [0.29, 0.717) is 0 Å². The zero-order valence-electron chi connectivity index (χ0n) is 32.8. The number of benzene rings is 9. The maximum atomic E-state index is 6.33. The Morgan fingerprint density at radius 1 is 0.450 bits per heavy atom. The topological polar surface area (TPSA) is 16.4 Å². The second-order valence-electron chi connectivity index (χ2n) is 15.3. The van der Waals surface area contributed by atoms with Gasteiger partial charge in [-0.05, 0) is 118 Å².